The molecule has 0 radical (unpaired) electrons. The number of hydrogen-bond acceptors (Lipinski definition) is 4. The lowest BCUT2D eigenvalue weighted by Gasteiger charge is -2.22. The molecule has 4 heteroatoms. The van der Waals surface area contributed by atoms with E-state index in [4.69, 9.17) is 0 Å². The van der Waals surface area contributed by atoms with Gasteiger partial charge < -0.3 is 10.4 Å². The third-order valence-corrected chi connectivity index (χ3v) is 3.99. The summed E-state index contributed by atoms with van der Waals surface area (Å²) in [6.45, 7) is 11.1. The maximum Gasteiger partial charge on any atom is 0.101 e. The van der Waals surface area contributed by atoms with E-state index in [1.807, 2.05) is 19.9 Å². The van der Waals surface area contributed by atoms with E-state index in [0.717, 1.165) is 11.6 Å². The van der Waals surface area contributed by atoms with Gasteiger partial charge >= 0.3 is 0 Å². The van der Waals surface area contributed by atoms with Crippen LogP contribution in [0.15, 0.2) is 23.4 Å². The molecule has 3 nitrogen and oxygen atoms in total. The highest BCUT2D eigenvalue weighted by molar-refractivity contribution is 7.99. The Morgan fingerprint density at radius 2 is 2.06 bits per heavy atom. The minimum absolute atomic E-state index is 0.0909. The number of aliphatic hydroxyl groups excluding tert-OH is 1. The van der Waals surface area contributed by atoms with Crippen molar-refractivity contribution in [3.8, 4) is 0 Å². The molecule has 0 aliphatic heterocycles. The number of nitrogens with zero attached hydrogens (tertiary/aromatic N) is 1. The molecule has 0 bridgehead atoms. The summed E-state index contributed by atoms with van der Waals surface area (Å²) in [6, 6.07) is 4.04. The molecule has 0 aliphatic rings. The van der Waals surface area contributed by atoms with Gasteiger partial charge in [0.25, 0.3) is 0 Å². The first-order valence-corrected chi connectivity index (χ1v) is 7.21. The van der Waals surface area contributed by atoms with Crippen molar-refractivity contribution in [1.82, 2.24) is 10.3 Å². The summed E-state index contributed by atoms with van der Waals surface area (Å²) in [7, 11) is 0. The Bertz CT molecular complexity index is 374. The zero-order valence-corrected chi connectivity index (χ0v) is 12.7. The molecule has 2 N–H and O–H groups in total. The number of hydrogen-bond donors (Lipinski definition) is 2. The fourth-order valence-electron chi connectivity index (χ4n) is 1.30. The van der Waals surface area contributed by atoms with E-state index in [-0.39, 0.29) is 16.9 Å². The minimum Gasteiger partial charge on any atom is -0.392 e. The molecule has 1 aromatic rings. The molecule has 0 spiro atoms. The summed E-state index contributed by atoms with van der Waals surface area (Å²) in [6.07, 6.45) is 1.47. The first kappa shape index (κ1) is 15.5. The van der Waals surface area contributed by atoms with Crippen molar-refractivity contribution >= 4 is 11.8 Å². The van der Waals surface area contributed by atoms with E-state index in [1.165, 1.54) is 5.56 Å². The van der Waals surface area contributed by atoms with Crippen molar-refractivity contribution in [3.63, 3.8) is 0 Å². The summed E-state index contributed by atoms with van der Waals surface area (Å²) in [5.74, 6) is 0. The quantitative estimate of drug-likeness (QED) is 0.806. The minimum atomic E-state index is -0.333. The molecule has 18 heavy (non-hydrogen) atoms. The van der Waals surface area contributed by atoms with Crippen LogP contribution in [-0.2, 0) is 6.54 Å². The van der Waals surface area contributed by atoms with E-state index in [2.05, 4.69) is 37.1 Å². The van der Waals surface area contributed by atoms with Gasteiger partial charge in [0, 0.05) is 23.5 Å². The average Bonchev–Trinajstić information content (AvgIpc) is 2.26. The van der Waals surface area contributed by atoms with Crippen molar-refractivity contribution in [1.29, 1.82) is 0 Å². The maximum atomic E-state index is 9.57. The molecule has 1 rings (SSSR count). The average molecular weight is 268 g/mol. The van der Waals surface area contributed by atoms with Gasteiger partial charge in [-0.1, -0.05) is 13.0 Å². The lowest BCUT2D eigenvalue weighted by atomic mass is 10.1. The molecule has 0 saturated carbocycles. The van der Waals surface area contributed by atoms with Gasteiger partial charge in [0.15, 0.2) is 0 Å². The highest BCUT2D eigenvalue weighted by Crippen LogP contribution is 2.26. The van der Waals surface area contributed by atoms with Crippen LogP contribution in [0.4, 0.5) is 0 Å². The predicted molar refractivity (Wildman–Crippen MR) is 77.8 cm³/mol. The molecule has 2 unspecified atom stereocenters. The van der Waals surface area contributed by atoms with Crippen molar-refractivity contribution in [2.75, 3.05) is 0 Å². The lowest BCUT2D eigenvalue weighted by Crippen LogP contribution is -2.35. The van der Waals surface area contributed by atoms with Gasteiger partial charge in [-0.25, -0.2) is 4.98 Å². The number of aliphatic hydroxyl groups is 1. The van der Waals surface area contributed by atoms with E-state index in [0.29, 0.717) is 0 Å². The van der Waals surface area contributed by atoms with E-state index < -0.39 is 0 Å². The Morgan fingerprint density at radius 1 is 1.39 bits per heavy atom. The monoisotopic (exact) mass is 268 g/mol. The van der Waals surface area contributed by atoms with Gasteiger partial charge in [0.2, 0.25) is 0 Å². The Balaban J connectivity index is 2.73. The molecule has 102 valence electrons. The molecule has 2 atom stereocenters. The van der Waals surface area contributed by atoms with Crippen molar-refractivity contribution in [2.24, 2.45) is 0 Å². The second kappa shape index (κ2) is 6.55. The predicted octanol–water partition coefficient (Wildman–Crippen LogP) is 2.83. The third-order valence-electron chi connectivity index (χ3n) is 2.64. The number of aromatic nitrogens is 1. The second-order valence-electron chi connectivity index (χ2n) is 5.63. The Morgan fingerprint density at radius 3 is 2.61 bits per heavy atom. The highest BCUT2D eigenvalue weighted by atomic mass is 32.2. The van der Waals surface area contributed by atoms with Crippen LogP contribution in [0.5, 0.6) is 0 Å². The number of rotatable bonds is 5. The Labute approximate surface area is 114 Å². The van der Waals surface area contributed by atoms with Crippen LogP contribution < -0.4 is 5.32 Å². The fourth-order valence-corrected chi connectivity index (χ4v) is 2.26. The number of nitrogens with one attached hydrogen (secondary N) is 1. The van der Waals surface area contributed by atoms with Crippen LogP contribution in [0.2, 0.25) is 0 Å². The fraction of sp³-hybridized carbons (Fsp3) is 0.643. The summed E-state index contributed by atoms with van der Waals surface area (Å²) < 4.78 is 0. The van der Waals surface area contributed by atoms with Crippen LogP contribution in [0.1, 0.15) is 40.2 Å². The molecular weight excluding hydrogens is 244 g/mol. The Kier molecular flexibility index (Phi) is 5.63. The van der Waals surface area contributed by atoms with Crippen LogP contribution in [-0.4, -0.2) is 27.0 Å². The van der Waals surface area contributed by atoms with Crippen molar-refractivity contribution in [3.05, 3.63) is 23.9 Å². The molecule has 0 aromatic carbocycles. The third kappa shape index (κ3) is 5.38. The van der Waals surface area contributed by atoms with Crippen LogP contribution >= 0.6 is 11.8 Å². The van der Waals surface area contributed by atoms with Gasteiger partial charge in [-0.05, 0) is 39.3 Å². The van der Waals surface area contributed by atoms with E-state index in [1.54, 1.807) is 18.0 Å². The maximum absolute atomic E-state index is 9.57. The zero-order chi connectivity index (χ0) is 13.8. The summed E-state index contributed by atoms with van der Waals surface area (Å²) >= 11 is 1.63. The zero-order valence-electron chi connectivity index (χ0n) is 11.9. The van der Waals surface area contributed by atoms with Crippen LogP contribution in [0.25, 0.3) is 0 Å². The number of thioether (sulfide) groups is 1. The Hall–Kier alpha value is -0.580. The lowest BCUT2D eigenvalue weighted by molar-refractivity contribution is 0.196. The molecular formula is C14H24N2OS. The van der Waals surface area contributed by atoms with Crippen molar-refractivity contribution in [2.45, 2.75) is 63.1 Å². The molecule has 0 amide bonds. The smallest absolute Gasteiger partial charge is 0.101 e. The molecule has 0 fully saturated rings. The van der Waals surface area contributed by atoms with Crippen LogP contribution in [0.3, 0.4) is 0 Å². The van der Waals surface area contributed by atoms with E-state index in [9.17, 15) is 5.11 Å². The number of pyridine rings is 1. The summed E-state index contributed by atoms with van der Waals surface area (Å²) in [4.78, 5) is 4.41. The first-order valence-electron chi connectivity index (χ1n) is 6.33. The van der Waals surface area contributed by atoms with Gasteiger partial charge in [0.1, 0.15) is 5.03 Å². The molecule has 0 aliphatic carbocycles. The van der Waals surface area contributed by atoms with Crippen LogP contribution in [0, 0.1) is 0 Å². The summed E-state index contributed by atoms with van der Waals surface area (Å²) in [5, 5.41) is 14.2. The second-order valence-corrected chi connectivity index (χ2v) is 7.00. The van der Waals surface area contributed by atoms with Gasteiger partial charge in [-0.15, -0.1) is 11.8 Å². The van der Waals surface area contributed by atoms with E-state index >= 15 is 0 Å². The van der Waals surface area contributed by atoms with Gasteiger partial charge in [0.05, 0.1) is 6.10 Å². The standard InChI is InChI=1S/C14H24N2OS/c1-10(17)11(2)18-13-12(7-6-8-15-13)9-16-14(3,4)5/h6-8,10-11,16-17H,9H2,1-5H3. The van der Waals surface area contributed by atoms with Gasteiger partial charge in [-0.3, -0.25) is 0 Å². The normalized spacial score (nSPS) is 15.4. The molecule has 1 heterocycles. The SMILES string of the molecule is CC(O)C(C)Sc1ncccc1CNC(C)(C)C. The van der Waals surface area contributed by atoms with Crippen molar-refractivity contribution < 1.29 is 5.11 Å². The largest absolute Gasteiger partial charge is 0.392 e. The van der Waals surface area contributed by atoms with Gasteiger partial charge in [-0.2, -0.15) is 0 Å². The topological polar surface area (TPSA) is 45.2 Å². The molecule has 0 saturated heterocycles. The summed E-state index contributed by atoms with van der Waals surface area (Å²) in [5.41, 5.74) is 1.28. The highest BCUT2D eigenvalue weighted by Gasteiger charge is 2.15. The first-order chi connectivity index (χ1) is 8.29. The molecule has 1 aromatic heterocycles.